The van der Waals surface area contributed by atoms with Crippen LogP contribution in [0.4, 0.5) is 0 Å². The number of likely N-dealkylation sites (tertiary alicyclic amines) is 1. The van der Waals surface area contributed by atoms with Gasteiger partial charge in [0.1, 0.15) is 0 Å². The fraction of sp³-hybridized carbons (Fsp3) is 1.00. The molecule has 1 unspecified atom stereocenters. The van der Waals surface area contributed by atoms with Crippen molar-refractivity contribution in [2.75, 3.05) is 26.8 Å². The standard InChI is InChI=1S/C9H20N2O/c1-9(2)6-8(10)7-11(9)4-5-12-3/h8H,4-7,10H2,1-3H3. The van der Waals surface area contributed by atoms with E-state index in [0.29, 0.717) is 6.04 Å². The highest BCUT2D eigenvalue weighted by Gasteiger charge is 2.35. The second kappa shape index (κ2) is 3.73. The van der Waals surface area contributed by atoms with Gasteiger partial charge in [0.05, 0.1) is 6.61 Å². The molecule has 0 saturated carbocycles. The lowest BCUT2D eigenvalue weighted by atomic mass is 10.0. The van der Waals surface area contributed by atoms with Gasteiger partial charge in [-0.15, -0.1) is 0 Å². The van der Waals surface area contributed by atoms with Gasteiger partial charge in [-0.2, -0.15) is 0 Å². The lowest BCUT2D eigenvalue weighted by molar-refractivity contribution is 0.109. The molecule has 1 saturated heterocycles. The minimum absolute atomic E-state index is 0.262. The van der Waals surface area contributed by atoms with Crippen LogP contribution >= 0.6 is 0 Å². The first-order chi connectivity index (χ1) is 5.56. The number of hydrogen-bond donors (Lipinski definition) is 1. The molecule has 0 amide bonds. The molecule has 0 aromatic rings. The van der Waals surface area contributed by atoms with Crippen LogP contribution in [0, 0.1) is 0 Å². The van der Waals surface area contributed by atoms with Crippen LogP contribution in [0.3, 0.4) is 0 Å². The summed E-state index contributed by atoms with van der Waals surface area (Å²) in [6.07, 6.45) is 1.09. The van der Waals surface area contributed by atoms with Gasteiger partial charge in [0, 0.05) is 31.8 Å². The molecule has 1 atom stereocenters. The Balaban J connectivity index is 2.42. The topological polar surface area (TPSA) is 38.5 Å². The predicted octanol–water partition coefficient (Wildman–Crippen LogP) is 0.444. The smallest absolute Gasteiger partial charge is 0.0589 e. The molecule has 3 nitrogen and oxygen atoms in total. The lowest BCUT2D eigenvalue weighted by Gasteiger charge is -2.30. The molecule has 0 bridgehead atoms. The van der Waals surface area contributed by atoms with E-state index < -0.39 is 0 Å². The van der Waals surface area contributed by atoms with Crippen LogP contribution in [0.15, 0.2) is 0 Å². The van der Waals surface area contributed by atoms with Crippen molar-refractivity contribution in [2.45, 2.75) is 31.8 Å². The third-order valence-electron chi connectivity index (χ3n) is 2.64. The van der Waals surface area contributed by atoms with E-state index in [-0.39, 0.29) is 5.54 Å². The van der Waals surface area contributed by atoms with Crippen molar-refractivity contribution in [1.82, 2.24) is 4.90 Å². The van der Waals surface area contributed by atoms with Crippen LogP contribution in [-0.2, 0) is 4.74 Å². The summed E-state index contributed by atoms with van der Waals surface area (Å²) in [4.78, 5) is 2.40. The minimum atomic E-state index is 0.262. The Kier molecular flexibility index (Phi) is 3.09. The molecule has 1 fully saturated rings. The average Bonchev–Trinajstić information content (AvgIpc) is 2.20. The van der Waals surface area contributed by atoms with E-state index >= 15 is 0 Å². The van der Waals surface area contributed by atoms with Crippen molar-refractivity contribution >= 4 is 0 Å². The third-order valence-corrected chi connectivity index (χ3v) is 2.64. The Bertz CT molecular complexity index is 147. The molecule has 0 aromatic heterocycles. The fourth-order valence-electron chi connectivity index (χ4n) is 1.96. The van der Waals surface area contributed by atoms with Crippen LogP contribution in [0.25, 0.3) is 0 Å². The highest BCUT2D eigenvalue weighted by molar-refractivity contribution is 4.94. The van der Waals surface area contributed by atoms with Crippen molar-refractivity contribution in [2.24, 2.45) is 5.73 Å². The number of nitrogens with two attached hydrogens (primary N) is 1. The maximum absolute atomic E-state index is 5.89. The largest absolute Gasteiger partial charge is 0.383 e. The zero-order valence-corrected chi connectivity index (χ0v) is 8.34. The van der Waals surface area contributed by atoms with Crippen molar-refractivity contribution in [1.29, 1.82) is 0 Å². The van der Waals surface area contributed by atoms with Gasteiger partial charge in [-0.05, 0) is 20.3 Å². The molecule has 1 heterocycles. The summed E-state index contributed by atoms with van der Waals surface area (Å²) >= 11 is 0. The van der Waals surface area contributed by atoms with Gasteiger partial charge >= 0.3 is 0 Å². The van der Waals surface area contributed by atoms with E-state index in [1.807, 2.05) is 0 Å². The second-order valence-corrected chi connectivity index (χ2v) is 4.22. The Morgan fingerprint density at radius 3 is 2.67 bits per heavy atom. The summed E-state index contributed by atoms with van der Waals surface area (Å²) in [6, 6.07) is 0.344. The number of nitrogens with zero attached hydrogens (tertiary/aromatic N) is 1. The molecule has 1 rings (SSSR count). The van der Waals surface area contributed by atoms with E-state index in [9.17, 15) is 0 Å². The molecule has 0 spiro atoms. The highest BCUT2D eigenvalue weighted by Crippen LogP contribution is 2.26. The molecule has 2 N–H and O–H groups in total. The third kappa shape index (κ3) is 2.19. The summed E-state index contributed by atoms with van der Waals surface area (Å²) < 4.78 is 5.05. The number of hydrogen-bond acceptors (Lipinski definition) is 3. The Morgan fingerprint density at radius 1 is 1.58 bits per heavy atom. The van der Waals surface area contributed by atoms with Gasteiger partial charge in [0.15, 0.2) is 0 Å². The van der Waals surface area contributed by atoms with E-state index in [0.717, 1.165) is 26.1 Å². The SMILES string of the molecule is COCCN1CC(N)CC1(C)C. The molecular weight excluding hydrogens is 152 g/mol. The minimum Gasteiger partial charge on any atom is -0.383 e. The average molecular weight is 172 g/mol. The first-order valence-corrected chi connectivity index (χ1v) is 4.56. The molecule has 1 aliphatic rings. The molecule has 0 aromatic carbocycles. The van der Waals surface area contributed by atoms with Crippen molar-refractivity contribution < 1.29 is 4.74 Å². The summed E-state index contributed by atoms with van der Waals surface area (Å²) in [5.41, 5.74) is 6.15. The molecule has 0 radical (unpaired) electrons. The molecule has 12 heavy (non-hydrogen) atoms. The van der Waals surface area contributed by atoms with Gasteiger partial charge in [0.2, 0.25) is 0 Å². The zero-order valence-electron chi connectivity index (χ0n) is 8.34. The fourth-order valence-corrected chi connectivity index (χ4v) is 1.96. The normalized spacial score (nSPS) is 29.5. The monoisotopic (exact) mass is 172 g/mol. The quantitative estimate of drug-likeness (QED) is 0.671. The van der Waals surface area contributed by atoms with Crippen molar-refractivity contribution in [3.05, 3.63) is 0 Å². The van der Waals surface area contributed by atoms with Gasteiger partial charge in [-0.1, -0.05) is 0 Å². The van der Waals surface area contributed by atoms with Crippen LogP contribution in [-0.4, -0.2) is 43.3 Å². The second-order valence-electron chi connectivity index (χ2n) is 4.22. The maximum atomic E-state index is 5.89. The van der Waals surface area contributed by atoms with E-state index in [4.69, 9.17) is 10.5 Å². The molecule has 0 aliphatic carbocycles. The highest BCUT2D eigenvalue weighted by atomic mass is 16.5. The maximum Gasteiger partial charge on any atom is 0.0589 e. The van der Waals surface area contributed by atoms with Crippen LogP contribution in [0.1, 0.15) is 20.3 Å². The summed E-state index contributed by atoms with van der Waals surface area (Å²) in [6.45, 7) is 7.30. The summed E-state index contributed by atoms with van der Waals surface area (Å²) in [7, 11) is 1.74. The van der Waals surface area contributed by atoms with Crippen molar-refractivity contribution in [3.63, 3.8) is 0 Å². The van der Waals surface area contributed by atoms with Gasteiger partial charge in [0.25, 0.3) is 0 Å². The number of methoxy groups -OCH3 is 1. The number of ether oxygens (including phenoxy) is 1. The van der Waals surface area contributed by atoms with Gasteiger partial charge < -0.3 is 10.5 Å². The first kappa shape index (κ1) is 9.96. The summed E-state index contributed by atoms with van der Waals surface area (Å²) in [5, 5.41) is 0. The zero-order chi connectivity index (χ0) is 9.19. The van der Waals surface area contributed by atoms with Crippen LogP contribution < -0.4 is 5.73 Å². The predicted molar refractivity (Wildman–Crippen MR) is 50.1 cm³/mol. The Hall–Kier alpha value is -0.120. The summed E-state index contributed by atoms with van der Waals surface area (Å²) in [5.74, 6) is 0. The Labute approximate surface area is 74.9 Å². The van der Waals surface area contributed by atoms with Crippen LogP contribution in [0.2, 0.25) is 0 Å². The molecule has 72 valence electrons. The van der Waals surface area contributed by atoms with E-state index in [1.54, 1.807) is 7.11 Å². The van der Waals surface area contributed by atoms with E-state index in [2.05, 4.69) is 18.7 Å². The van der Waals surface area contributed by atoms with Crippen molar-refractivity contribution in [3.8, 4) is 0 Å². The van der Waals surface area contributed by atoms with E-state index in [1.165, 1.54) is 0 Å². The molecular formula is C9H20N2O. The van der Waals surface area contributed by atoms with Gasteiger partial charge in [-0.25, -0.2) is 0 Å². The first-order valence-electron chi connectivity index (χ1n) is 4.56. The number of rotatable bonds is 3. The lowest BCUT2D eigenvalue weighted by Crippen LogP contribution is -2.40. The van der Waals surface area contributed by atoms with Crippen LogP contribution in [0.5, 0.6) is 0 Å². The van der Waals surface area contributed by atoms with Gasteiger partial charge in [-0.3, -0.25) is 4.90 Å². The molecule has 1 aliphatic heterocycles. The Morgan fingerprint density at radius 2 is 2.25 bits per heavy atom. The molecule has 3 heteroatoms.